The quantitative estimate of drug-likeness (QED) is 0.441. The maximum atomic E-state index is 12.7. The minimum Gasteiger partial charge on any atom is -0.493 e. The molecule has 1 aliphatic heterocycles. The highest BCUT2D eigenvalue weighted by atomic mass is 35.5. The standard InChI is InChI=1S/C19H16ClN3O4/c1-26-14-8-13(20)7-12(17(14)27-5-4-21)9-22-23-18(24)15-10-2-3-11(6-10)16(15)19(23)25/h2-3,7-11,15-16H,5-6H2,1H3. The van der Waals surface area contributed by atoms with Crippen LogP contribution in [0.5, 0.6) is 11.5 Å². The Labute approximate surface area is 160 Å². The minimum absolute atomic E-state index is 0.123. The van der Waals surface area contributed by atoms with Crippen LogP contribution in [0.1, 0.15) is 12.0 Å². The zero-order chi connectivity index (χ0) is 19.1. The summed E-state index contributed by atoms with van der Waals surface area (Å²) >= 11 is 6.09. The van der Waals surface area contributed by atoms with Crippen LogP contribution in [0.2, 0.25) is 5.02 Å². The van der Waals surface area contributed by atoms with E-state index in [0.29, 0.717) is 16.3 Å². The van der Waals surface area contributed by atoms with Crippen LogP contribution in [0.3, 0.4) is 0 Å². The lowest BCUT2D eigenvalue weighted by molar-refractivity contribution is -0.140. The fourth-order valence-corrected chi connectivity index (χ4v) is 4.43. The number of hydrogen-bond acceptors (Lipinski definition) is 6. The van der Waals surface area contributed by atoms with Crippen molar-refractivity contribution in [2.24, 2.45) is 28.8 Å². The SMILES string of the molecule is COc1cc(Cl)cc(C=NN2C(=O)C3C4C=CC(C4)C3C2=O)c1OCC#N. The van der Waals surface area contributed by atoms with E-state index in [1.807, 2.05) is 18.2 Å². The molecule has 0 spiro atoms. The normalized spacial score (nSPS) is 28.1. The number of hydrogen-bond donors (Lipinski definition) is 0. The molecular weight excluding hydrogens is 370 g/mol. The number of hydrazone groups is 1. The van der Waals surface area contributed by atoms with Gasteiger partial charge in [0.2, 0.25) is 0 Å². The van der Waals surface area contributed by atoms with Crippen LogP contribution in [-0.4, -0.2) is 36.8 Å². The molecule has 2 bridgehead atoms. The summed E-state index contributed by atoms with van der Waals surface area (Å²) in [6.45, 7) is -0.195. The zero-order valence-corrected chi connectivity index (χ0v) is 15.2. The second-order valence-electron chi connectivity index (χ2n) is 6.71. The van der Waals surface area contributed by atoms with Crippen molar-refractivity contribution in [1.82, 2.24) is 5.01 Å². The summed E-state index contributed by atoms with van der Waals surface area (Å²) in [5.41, 5.74) is 0.411. The second kappa shape index (κ2) is 6.71. The fourth-order valence-electron chi connectivity index (χ4n) is 4.22. The van der Waals surface area contributed by atoms with Crippen LogP contribution in [0.15, 0.2) is 29.4 Å². The molecule has 1 saturated heterocycles. The summed E-state index contributed by atoms with van der Waals surface area (Å²) in [6, 6.07) is 5.00. The van der Waals surface area contributed by atoms with Gasteiger partial charge in [-0.25, -0.2) is 0 Å². The number of imide groups is 1. The number of carbonyl (C=O) groups excluding carboxylic acids is 2. The molecule has 4 rings (SSSR count). The predicted octanol–water partition coefficient (Wildman–Crippen LogP) is 2.39. The van der Waals surface area contributed by atoms with E-state index in [9.17, 15) is 9.59 Å². The lowest BCUT2D eigenvalue weighted by atomic mass is 9.85. The highest BCUT2D eigenvalue weighted by Crippen LogP contribution is 2.52. The third kappa shape index (κ3) is 2.77. The van der Waals surface area contributed by atoms with Crippen LogP contribution in [0, 0.1) is 35.0 Å². The molecule has 8 heteroatoms. The molecule has 0 radical (unpaired) electrons. The van der Waals surface area contributed by atoms with E-state index in [0.717, 1.165) is 11.4 Å². The Morgan fingerprint density at radius 2 is 1.96 bits per heavy atom. The molecule has 2 fully saturated rings. The van der Waals surface area contributed by atoms with Gasteiger partial charge in [-0.3, -0.25) is 9.59 Å². The van der Waals surface area contributed by atoms with Gasteiger partial charge in [0.1, 0.15) is 6.07 Å². The maximum Gasteiger partial charge on any atom is 0.254 e. The summed E-state index contributed by atoms with van der Waals surface area (Å²) in [5, 5.41) is 14.2. The molecule has 27 heavy (non-hydrogen) atoms. The van der Waals surface area contributed by atoms with Gasteiger partial charge in [0.25, 0.3) is 11.8 Å². The van der Waals surface area contributed by atoms with E-state index < -0.39 is 0 Å². The number of halogens is 1. The molecule has 4 atom stereocenters. The van der Waals surface area contributed by atoms with Gasteiger partial charge < -0.3 is 9.47 Å². The third-order valence-electron chi connectivity index (χ3n) is 5.31. The number of fused-ring (bicyclic) bond motifs is 5. The lowest BCUT2D eigenvalue weighted by Crippen LogP contribution is -2.28. The Morgan fingerprint density at radius 1 is 1.30 bits per heavy atom. The largest absolute Gasteiger partial charge is 0.493 e. The van der Waals surface area contributed by atoms with Gasteiger partial charge in [0, 0.05) is 16.7 Å². The number of amides is 2. The van der Waals surface area contributed by atoms with E-state index in [4.69, 9.17) is 26.3 Å². The van der Waals surface area contributed by atoms with Crippen molar-refractivity contribution >= 4 is 29.6 Å². The van der Waals surface area contributed by atoms with Crippen LogP contribution in [0.25, 0.3) is 0 Å². The van der Waals surface area contributed by atoms with E-state index in [2.05, 4.69) is 5.10 Å². The van der Waals surface area contributed by atoms with Crippen LogP contribution in [-0.2, 0) is 9.59 Å². The van der Waals surface area contributed by atoms with Crippen molar-refractivity contribution in [1.29, 1.82) is 5.26 Å². The molecular formula is C19H16ClN3O4. The first-order chi connectivity index (χ1) is 13.0. The molecule has 138 valence electrons. The lowest BCUT2D eigenvalue weighted by Gasteiger charge is -2.13. The molecule has 7 nitrogen and oxygen atoms in total. The first-order valence-electron chi connectivity index (χ1n) is 8.52. The smallest absolute Gasteiger partial charge is 0.254 e. The van der Waals surface area contributed by atoms with Crippen LogP contribution >= 0.6 is 11.6 Å². The summed E-state index contributed by atoms with van der Waals surface area (Å²) < 4.78 is 10.7. The van der Waals surface area contributed by atoms with Gasteiger partial charge in [-0.1, -0.05) is 23.8 Å². The number of methoxy groups -OCH3 is 1. The highest BCUT2D eigenvalue weighted by molar-refractivity contribution is 6.31. The van der Waals surface area contributed by atoms with E-state index in [-0.39, 0.29) is 47.8 Å². The van der Waals surface area contributed by atoms with Crippen molar-refractivity contribution < 1.29 is 19.1 Å². The van der Waals surface area contributed by atoms with Gasteiger partial charge in [0.05, 0.1) is 25.2 Å². The first kappa shape index (κ1) is 17.6. The second-order valence-corrected chi connectivity index (χ2v) is 7.14. The Morgan fingerprint density at radius 3 is 2.56 bits per heavy atom. The first-order valence-corrected chi connectivity index (χ1v) is 8.90. The topological polar surface area (TPSA) is 92.0 Å². The molecule has 2 amide bonds. The number of nitriles is 1. The van der Waals surface area contributed by atoms with Gasteiger partial charge >= 0.3 is 0 Å². The van der Waals surface area contributed by atoms with Gasteiger partial charge in [-0.2, -0.15) is 15.4 Å². The average Bonchev–Trinajstić information content (AvgIpc) is 3.33. The van der Waals surface area contributed by atoms with Gasteiger partial charge in [-0.05, 0) is 24.3 Å². The molecule has 1 heterocycles. The Bertz CT molecular complexity index is 890. The predicted molar refractivity (Wildman–Crippen MR) is 96.3 cm³/mol. The Kier molecular flexibility index (Phi) is 4.36. The molecule has 3 aliphatic rings. The maximum absolute atomic E-state index is 12.7. The molecule has 1 aromatic rings. The van der Waals surface area contributed by atoms with Crippen molar-refractivity contribution in [2.45, 2.75) is 6.42 Å². The Balaban J connectivity index is 1.64. The number of rotatable bonds is 5. The number of benzene rings is 1. The summed E-state index contributed by atoms with van der Waals surface area (Å²) in [5.74, 6) is -0.320. The average molecular weight is 386 g/mol. The van der Waals surface area contributed by atoms with E-state index in [1.54, 1.807) is 12.1 Å². The highest BCUT2D eigenvalue weighted by Gasteiger charge is 2.59. The third-order valence-corrected chi connectivity index (χ3v) is 5.53. The Hall–Kier alpha value is -2.85. The van der Waals surface area contributed by atoms with Crippen LogP contribution < -0.4 is 9.47 Å². The molecule has 2 aliphatic carbocycles. The number of carbonyl (C=O) groups is 2. The van der Waals surface area contributed by atoms with Gasteiger partial charge in [-0.15, -0.1) is 0 Å². The fraction of sp³-hybridized carbons (Fsp3) is 0.368. The zero-order valence-electron chi connectivity index (χ0n) is 14.5. The number of nitrogens with zero attached hydrogens (tertiary/aromatic N) is 3. The molecule has 0 aromatic heterocycles. The number of ether oxygens (including phenoxy) is 2. The van der Waals surface area contributed by atoms with Crippen molar-refractivity contribution in [2.75, 3.05) is 13.7 Å². The molecule has 1 aromatic carbocycles. The number of allylic oxidation sites excluding steroid dienone is 2. The summed E-state index contributed by atoms with van der Waals surface area (Å²) in [4.78, 5) is 25.4. The van der Waals surface area contributed by atoms with E-state index >= 15 is 0 Å². The molecule has 1 saturated carbocycles. The van der Waals surface area contributed by atoms with E-state index in [1.165, 1.54) is 13.3 Å². The van der Waals surface area contributed by atoms with Gasteiger partial charge in [0.15, 0.2) is 18.1 Å². The minimum atomic E-state index is -0.312. The molecule has 4 unspecified atom stereocenters. The van der Waals surface area contributed by atoms with Crippen molar-refractivity contribution in [3.8, 4) is 17.6 Å². The molecule has 0 N–H and O–H groups in total. The van der Waals surface area contributed by atoms with Crippen molar-refractivity contribution in [3.63, 3.8) is 0 Å². The summed E-state index contributed by atoms with van der Waals surface area (Å²) in [6.07, 6.45) is 6.26. The van der Waals surface area contributed by atoms with Crippen LogP contribution in [0.4, 0.5) is 0 Å². The summed E-state index contributed by atoms with van der Waals surface area (Å²) in [7, 11) is 1.45. The van der Waals surface area contributed by atoms with Crippen molar-refractivity contribution in [3.05, 3.63) is 34.9 Å². The monoisotopic (exact) mass is 385 g/mol.